The minimum atomic E-state index is -0.950. The van der Waals surface area contributed by atoms with Crippen molar-refractivity contribution in [3.63, 3.8) is 0 Å². The van der Waals surface area contributed by atoms with Gasteiger partial charge in [0, 0.05) is 23.6 Å². The van der Waals surface area contributed by atoms with Crippen LogP contribution in [0.2, 0.25) is 0 Å². The first-order chi connectivity index (χ1) is 13.5. The predicted octanol–water partition coefficient (Wildman–Crippen LogP) is 3.09. The van der Waals surface area contributed by atoms with Crippen LogP contribution in [0.25, 0.3) is 10.9 Å². The summed E-state index contributed by atoms with van der Waals surface area (Å²) in [4.78, 5) is 27.3. The van der Waals surface area contributed by atoms with Gasteiger partial charge in [-0.25, -0.2) is 0 Å². The van der Waals surface area contributed by atoms with E-state index in [0.717, 1.165) is 27.6 Å². The van der Waals surface area contributed by atoms with Crippen molar-refractivity contribution in [1.82, 2.24) is 10.3 Å². The van der Waals surface area contributed by atoms with E-state index < -0.39 is 11.9 Å². The van der Waals surface area contributed by atoms with Crippen LogP contribution in [0.3, 0.4) is 0 Å². The summed E-state index contributed by atoms with van der Waals surface area (Å²) in [5.41, 5.74) is 3.80. The van der Waals surface area contributed by atoms with Gasteiger partial charge < -0.3 is 20.1 Å². The van der Waals surface area contributed by atoms with Gasteiger partial charge in [-0.05, 0) is 42.2 Å². The number of carbonyl (C=O) groups is 2. The topological polar surface area (TPSA) is 91.4 Å². The zero-order valence-electron chi connectivity index (χ0n) is 16.0. The standard InChI is InChI=1S/C22H24N2O4/c1-14-6-5-8-18-21(14)16(12-23-18)11-20(25)24-13-17(22(26)27)10-15-7-3-4-9-19(15)28-2/h3-9,12,17,23H,10-11,13H2,1-2H3,(H,24,25)(H,26,27). The van der Waals surface area contributed by atoms with Crippen LogP contribution in [-0.4, -0.2) is 35.6 Å². The average molecular weight is 380 g/mol. The average Bonchev–Trinajstić information content (AvgIpc) is 3.09. The number of carbonyl (C=O) groups excluding carboxylic acids is 1. The Hall–Kier alpha value is -3.28. The number of benzene rings is 2. The highest BCUT2D eigenvalue weighted by atomic mass is 16.5. The molecule has 1 heterocycles. The number of hydrogen-bond acceptors (Lipinski definition) is 3. The highest BCUT2D eigenvalue weighted by Gasteiger charge is 2.21. The normalized spacial score (nSPS) is 11.9. The van der Waals surface area contributed by atoms with Crippen molar-refractivity contribution < 1.29 is 19.4 Å². The molecule has 3 aromatic rings. The lowest BCUT2D eigenvalue weighted by Gasteiger charge is -2.15. The van der Waals surface area contributed by atoms with Crippen molar-refractivity contribution in [2.45, 2.75) is 19.8 Å². The van der Waals surface area contributed by atoms with Crippen molar-refractivity contribution in [2.24, 2.45) is 5.92 Å². The second-order valence-corrected chi connectivity index (χ2v) is 6.84. The second kappa shape index (κ2) is 8.61. The number of aromatic amines is 1. The largest absolute Gasteiger partial charge is 0.496 e. The highest BCUT2D eigenvalue weighted by molar-refractivity contribution is 5.91. The van der Waals surface area contributed by atoms with Gasteiger partial charge in [-0.3, -0.25) is 9.59 Å². The quantitative estimate of drug-likeness (QED) is 0.560. The first kappa shape index (κ1) is 19.5. The number of carboxylic acid groups (broad SMARTS) is 1. The van der Waals surface area contributed by atoms with Crippen LogP contribution in [-0.2, 0) is 22.4 Å². The molecule has 0 aliphatic heterocycles. The van der Waals surface area contributed by atoms with Crippen molar-refractivity contribution in [1.29, 1.82) is 0 Å². The summed E-state index contributed by atoms with van der Waals surface area (Å²) < 4.78 is 5.29. The Morgan fingerprint density at radius 1 is 1.14 bits per heavy atom. The lowest BCUT2D eigenvalue weighted by molar-refractivity contribution is -0.141. The van der Waals surface area contributed by atoms with Crippen LogP contribution in [0.4, 0.5) is 0 Å². The summed E-state index contributed by atoms with van der Waals surface area (Å²) in [7, 11) is 1.56. The fraction of sp³-hybridized carbons (Fsp3) is 0.273. The monoisotopic (exact) mass is 380 g/mol. The van der Waals surface area contributed by atoms with Gasteiger partial charge >= 0.3 is 5.97 Å². The lowest BCUT2D eigenvalue weighted by atomic mass is 9.98. The zero-order valence-corrected chi connectivity index (χ0v) is 16.0. The first-order valence-electron chi connectivity index (χ1n) is 9.16. The summed E-state index contributed by atoms with van der Waals surface area (Å²) in [6, 6.07) is 13.3. The molecule has 6 heteroatoms. The Bertz CT molecular complexity index is 993. The van der Waals surface area contributed by atoms with Crippen LogP contribution < -0.4 is 10.1 Å². The van der Waals surface area contributed by atoms with Gasteiger partial charge in [-0.1, -0.05) is 30.3 Å². The minimum absolute atomic E-state index is 0.0630. The maximum Gasteiger partial charge on any atom is 0.308 e. The van der Waals surface area contributed by atoms with E-state index in [0.29, 0.717) is 5.75 Å². The summed E-state index contributed by atoms with van der Waals surface area (Å²) in [5, 5.41) is 13.4. The van der Waals surface area contributed by atoms with Gasteiger partial charge in [-0.2, -0.15) is 0 Å². The number of ether oxygens (including phenoxy) is 1. The van der Waals surface area contributed by atoms with E-state index in [1.807, 2.05) is 49.5 Å². The number of amides is 1. The molecule has 0 saturated carbocycles. The molecule has 1 aromatic heterocycles. The molecule has 1 atom stereocenters. The smallest absolute Gasteiger partial charge is 0.308 e. The summed E-state index contributed by atoms with van der Waals surface area (Å²) >= 11 is 0. The van der Waals surface area contributed by atoms with E-state index in [-0.39, 0.29) is 25.3 Å². The van der Waals surface area contributed by atoms with E-state index in [4.69, 9.17) is 4.74 Å². The zero-order chi connectivity index (χ0) is 20.1. The Morgan fingerprint density at radius 2 is 1.93 bits per heavy atom. The maximum absolute atomic E-state index is 12.4. The van der Waals surface area contributed by atoms with E-state index in [2.05, 4.69) is 10.3 Å². The van der Waals surface area contributed by atoms with Gasteiger partial charge in [0.15, 0.2) is 0 Å². The molecule has 0 saturated heterocycles. The molecule has 0 bridgehead atoms. The van der Waals surface area contributed by atoms with Crippen LogP contribution >= 0.6 is 0 Å². The van der Waals surface area contributed by atoms with Gasteiger partial charge in [0.1, 0.15) is 5.75 Å². The van der Waals surface area contributed by atoms with Gasteiger partial charge in [-0.15, -0.1) is 0 Å². The predicted molar refractivity (Wildman–Crippen MR) is 108 cm³/mol. The first-order valence-corrected chi connectivity index (χ1v) is 9.16. The van der Waals surface area contributed by atoms with E-state index in [1.165, 1.54) is 0 Å². The van der Waals surface area contributed by atoms with Gasteiger partial charge in [0.25, 0.3) is 0 Å². The molecule has 6 nitrogen and oxygen atoms in total. The molecular formula is C22H24N2O4. The Kier molecular flexibility index (Phi) is 5.99. The van der Waals surface area contributed by atoms with Gasteiger partial charge in [0.2, 0.25) is 5.91 Å². The number of H-pyrrole nitrogens is 1. The highest BCUT2D eigenvalue weighted by Crippen LogP contribution is 2.23. The van der Waals surface area contributed by atoms with Crippen molar-refractivity contribution in [3.05, 3.63) is 65.4 Å². The fourth-order valence-electron chi connectivity index (χ4n) is 3.45. The summed E-state index contributed by atoms with van der Waals surface area (Å²) in [6.07, 6.45) is 2.32. The number of aliphatic carboxylic acids is 1. The molecule has 0 aliphatic carbocycles. The molecule has 0 aliphatic rings. The number of rotatable bonds is 8. The molecule has 0 fully saturated rings. The summed E-state index contributed by atoms with van der Waals surface area (Å²) in [6.45, 7) is 2.07. The Balaban J connectivity index is 1.65. The SMILES string of the molecule is COc1ccccc1CC(CNC(=O)Cc1c[nH]c2cccc(C)c12)C(=O)O. The Labute approximate surface area is 163 Å². The van der Waals surface area contributed by atoms with E-state index >= 15 is 0 Å². The number of aryl methyl sites for hydroxylation is 1. The molecule has 3 rings (SSSR count). The van der Waals surface area contributed by atoms with Crippen LogP contribution in [0.15, 0.2) is 48.7 Å². The third-order valence-corrected chi connectivity index (χ3v) is 4.90. The third kappa shape index (κ3) is 4.34. The van der Waals surface area contributed by atoms with Gasteiger partial charge in [0.05, 0.1) is 19.4 Å². The molecule has 3 N–H and O–H groups in total. The number of para-hydroxylation sites is 1. The number of carboxylic acids is 1. The van der Waals surface area contributed by atoms with Crippen molar-refractivity contribution in [3.8, 4) is 5.75 Å². The van der Waals surface area contributed by atoms with Crippen molar-refractivity contribution >= 4 is 22.8 Å². The molecule has 2 aromatic carbocycles. The lowest BCUT2D eigenvalue weighted by Crippen LogP contribution is -2.35. The van der Waals surface area contributed by atoms with Crippen LogP contribution in [0.1, 0.15) is 16.7 Å². The fourth-order valence-corrected chi connectivity index (χ4v) is 3.45. The van der Waals surface area contributed by atoms with Crippen LogP contribution in [0, 0.1) is 12.8 Å². The molecule has 1 amide bonds. The van der Waals surface area contributed by atoms with Crippen molar-refractivity contribution in [2.75, 3.05) is 13.7 Å². The molecule has 146 valence electrons. The molecule has 28 heavy (non-hydrogen) atoms. The minimum Gasteiger partial charge on any atom is -0.496 e. The number of methoxy groups -OCH3 is 1. The molecule has 0 radical (unpaired) electrons. The van der Waals surface area contributed by atoms with E-state index in [9.17, 15) is 14.7 Å². The van der Waals surface area contributed by atoms with E-state index in [1.54, 1.807) is 13.2 Å². The molecule has 0 spiro atoms. The van der Waals surface area contributed by atoms with Crippen LogP contribution in [0.5, 0.6) is 5.75 Å². The third-order valence-electron chi connectivity index (χ3n) is 4.90. The second-order valence-electron chi connectivity index (χ2n) is 6.84. The Morgan fingerprint density at radius 3 is 2.68 bits per heavy atom. The number of aromatic nitrogens is 1. The molecular weight excluding hydrogens is 356 g/mol. The number of hydrogen-bond donors (Lipinski definition) is 3. The maximum atomic E-state index is 12.4. The number of fused-ring (bicyclic) bond motifs is 1. The summed E-state index contributed by atoms with van der Waals surface area (Å²) in [5.74, 6) is -1.23. The molecule has 1 unspecified atom stereocenters. The number of nitrogens with one attached hydrogen (secondary N) is 2.